The van der Waals surface area contributed by atoms with E-state index in [2.05, 4.69) is 38.2 Å². The third-order valence-electron chi connectivity index (χ3n) is 8.99. The molecule has 3 aliphatic carbocycles. The van der Waals surface area contributed by atoms with Gasteiger partial charge in [0.05, 0.1) is 0 Å². The fraction of sp³-hybridized carbons (Fsp3) is 0.630. The molecule has 2 aromatic rings. The number of aryl methyl sites for hydroxylation is 1. The van der Waals surface area contributed by atoms with Gasteiger partial charge in [0.1, 0.15) is 0 Å². The largest absolute Gasteiger partial charge is 0.347 e. The zero-order valence-corrected chi connectivity index (χ0v) is 20.6. The highest BCUT2D eigenvalue weighted by atomic mass is 35.5. The quantitative estimate of drug-likeness (QED) is 0.571. The normalized spacial score (nSPS) is 30.7. The van der Waals surface area contributed by atoms with E-state index < -0.39 is 0 Å². The second-order valence-electron chi connectivity index (χ2n) is 11.4. The average Bonchev–Trinajstić information content (AvgIpc) is 3.29. The van der Waals surface area contributed by atoms with Gasteiger partial charge in [-0.15, -0.1) is 0 Å². The summed E-state index contributed by atoms with van der Waals surface area (Å²) in [6.45, 7) is 7.04. The molecular formula is C27H36ClN3O. The van der Waals surface area contributed by atoms with E-state index in [1.165, 1.54) is 36.9 Å². The van der Waals surface area contributed by atoms with Crippen LogP contribution in [0.25, 0.3) is 0 Å². The Morgan fingerprint density at radius 2 is 2.00 bits per heavy atom. The highest BCUT2D eigenvalue weighted by molar-refractivity contribution is 6.31. The number of rotatable bonds is 4. The topological polar surface area (TPSA) is 46.9 Å². The Kier molecular flexibility index (Phi) is 5.43. The minimum Gasteiger partial charge on any atom is -0.347 e. The number of hydrogen-bond donors (Lipinski definition) is 1. The monoisotopic (exact) mass is 453 g/mol. The summed E-state index contributed by atoms with van der Waals surface area (Å²) < 4.78 is 1.98. The third kappa shape index (κ3) is 3.50. The third-order valence-corrected chi connectivity index (χ3v) is 9.36. The van der Waals surface area contributed by atoms with Crippen molar-refractivity contribution in [1.29, 1.82) is 0 Å². The lowest BCUT2D eigenvalue weighted by Crippen LogP contribution is -2.52. The van der Waals surface area contributed by atoms with Crippen molar-refractivity contribution in [3.63, 3.8) is 0 Å². The molecule has 4 nitrogen and oxygen atoms in total. The van der Waals surface area contributed by atoms with Crippen LogP contribution in [0.4, 0.5) is 0 Å². The van der Waals surface area contributed by atoms with Gasteiger partial charge >= 0.3 is 0 Å². The summed E-state index contributed by atoms with van der Waals surface area (Å²) in [6.07, 6.45) is 8.93. The van der Waals surface area contributed by atoms with E-state index in [0.29, 0.717) is 17.5 Å². The Hall–Kier alpha value is -1.81. The molecule has 5 heteroatoms. The van der Waals surface area contributed by atoms with Gasteiger partial charge in [-0.25, -0.2) is 0 Å². The summed E-state index contributed by atoms with van der Waals surface area (Å²) in [4.78, 5) is 13.6. The van der Waals surface area contributed by atoms with E-state index in [4.69, 9.17) is 16.7 Å². The number of nitrogens with one attached hydrogen (secondary N) is 1. The Morgan fingerprint density at radius 1 is 1.22 bits per heavy atom. The van der Waals surface area contributed by atoms with Crippen LogP contribution in [0, 0.1) is 16.7 Å². The molecule has 32 heavy (non-hydrogen) atoms. The summed E-state index contributed by atoms with van der Waals surface area (Å²) in [6, 6.07) is 8.33. The number of nitrogens with zero attached hydrogens (tertiary/aromatic N) is 2. The summed E-state index contributed by atoms with van der Waals surface area (Å²) >= 11 is 6.49. The number of hydrogen-bond acceptors (Lipinski definition) is 2. The lowest BCUT2D eigenvalue weighted by Gasteiger charge is -2.43. The van der Waals surface area contributed by atoms with Crippen LogP contribution in [-0.2, 0) is 19.9 Å². The van der Waals surface area contributed by atoms with Crippen molar-refractivity contribution in [2.75, 3.05) is 0 Å². The lowest BCUT2D eigenvalue weighted by atomic mass is 9.68. The maximum atomic E-state index is 13.6. The standard InChI is InChI=1S/C27H36ClN3O/c1-26(2)19-13-14-27(3,16-19)25(26)29-24(32)22-20-11-7-5-10-18(23(20)31(4)30-22)15-17-9-6-8-12-21(17)28/h6,8-9,12,18-19,25H,5,7,10-11,13-16H2,1-4H3,(H,29,32)/t18?,19?,25-,27?/m1/s1. The molecule has 0 saturated heterocycles. The number of benzene rings is 1. The van der Waals surface area contributed by atoms with Gasteiger partial charge < -0.3 is 5.32 Å². The van der Waals surface area contributed by atoms with Gasteiger partial charge in [0.15, 0.2) is 5.69 Å². The Labute approximate surface area is 197 Å². The lowest BCUT2D eigenvalue weighted by molar-refractivity contribution is 0.0731. The molecule has 172 valence electrons. The van der Waals surface area contributed by atoms with Gasteiger partial charge in [0, 0.05) is 35.3 Å². The van der Waals surface area contributed by atoms with Gasteiger partial charge in [-0.05, 0) is 73.3 Å². The molecule has 4 atom stereocenters. The van der Waals surface area contributed by atoms with E-state index in [1.54, 1.807) is 0 Å². The Balaban J connectivity index is 1.44. The van der Waals surface area contributed by atoms with Crippen LogP contribution in [0.5, 0.6) is 0 Å². The van der Waals surface area contributed by atoms with E-state index in [0.717, 1.165) is 36.3 Å². The molecule has 3 aliphatic rings. The minimum absolute atomic E-state index is 0.0205. The smallest absolute Gasteiger partial charge is 0.272 e. The van der Waals surface area contributed by atoms with Crippen molar-refractivity contribution in [2.45, 2.75) is 84.1 Å². The summed E-state index contributed by atoms with van der Waals surface area (Å²) in [5.74, 6) is 1.06. The summed E-state index contributed by atoms with van der Waals surface area (Å²) in [5, 5.41) is 9.10. The fourth-order valence-corrected chi connectivity index (χ4v) is 7.55. The van der Waals surface area contributed by atoms with E-state index in [-0.39, 0.29) is 22.8 Å². The molecule has 0 aliphatic heterocycles. The zero-order valence-electron chi connectivity index (χ0n) is 19.9. The predicted molar refractivity (Wildman–Crippen MR) is 129 cm³/mol. The molecule has 1 amide bonds. The van der Waals surface area contributed by atoms with E-state index in [1.807, 2.05) is 23.9 Å². The minimum atomic E-state index is 0.0205. The molecule has 3 unspecified atom stereocenters. The van der Waals surface area contributed by atoms with Crippen LogP contribution < -0.4 is 5.32 Å². The van der Waals surface area contributed by atoms with E-state index in [9.17, 15) is 4.79 Å². The Morgan fingerprint density at radius 3 is 2.72 bits per heavy atom. The molecule has 1 heterocycles. The highest BCUT2D eigenvalue weighted by Gasteiger charge is 2.59. The molecule has 2 fully saturated rings. The van der Waals surface area contributed by atoms with Gasteiger partial charge in [0.25, 0.3) is 5.91 Å². The van der Waals surface area contributed by atoms with Crippen molar-refractivity contribution in [2.24, 2.45) is 23.8 Å². The number of fused-ring (bicyclic) bond motifs is 3. The van der Waals surface area contributed by atoms with Crippen LogP contribution in [0.1, 0.15) is 92.5 Å². The molecule has 5 rings (SSSR count). The van der Waals surface area contributed by atoms with Gasteiger partial charge in [-0.1, -0.05) is 57.0 Å². The van der Waals surface area contributed by atoms with Crippen molar-refractivity contribution >= 4 is 17.5 Å². The average molecular weight is 454 g/mol. The number of carbonyl (C=O) groups is 1. The van der Waals surface area contributed by atoms with Gasteiger partial charge in [0.2, 0.25) is 0 Å². The number of amides is 1. The molecule has 0 radical (unpaired) electrons. The molecule has 1 aromatic carbocycles. The fourth-order valence-electron chi connectivity index (χ4n) is 7.34. The zero-order chi connectivity index (χ0) is 22.7. The predicted octanol–water partition coefficient (Wildman–Crippen LogP) is 6.07. The molecule has 2 saturated carbocycles. The SMILES string of the molecule is Cn1nc(C(=O)N[C@H]2C3(C)CCC(C3)C2(C)C)c2c1C(Cc1ccccc1Cl)CCCC2. The van der Waals surface area contributed by atoms with Crippen molar-refractivity contribution in [3.8, 4) is 0 Å². The van der Waals surface area contributed by atoms with Crippen molar-refractivity contribution < 1.29 is 4.79 Å². The molecule has 1 aromatic heterocycles. The van der Waals surface area contributed by atoms with Crippen molar-refractivity contribution in [3.05, 3.63) is 51.8 Å². The molecule has 0 spiro atoms. The first-order valence-corrected chi connectivity index (χ1v) is 12.7. The van der Waals surface area contributed by atoms with Gasteiger partial charge in [-0.3, -0.25) is 9.48 Å². The molecular weight excluding hydrogens is 418 g/mol. The first-order valence-electron chi connectivity index (χ1n) is 12.3. The number of carbonyl (C=O) groups excluding carboxylic acids is 1. The first-order chi connectivity index (χ1) is 15.2. The highest BCUT2D eigenvalue weighted by Crippen LogP contribution is 2.62. The summed E-state index contributed by atoms with van der Waals surface area (Å²) in [7, 11) is 2.00. The summed E-state index contributed by atoms with van der Waals surface area (Å²) in [5.41, 5.74) is 4.56. The van der Waals surface area contributed by atoms with Crippen molar-refractivity contribution in [1.82, 2.24) is 15.1 Å². The molecule has 1 N–H and O–H groups in total. The second kappa shape index (κ2) is 7.90. The van der Waals surface area contributed by atoms with Crippen LogP contribution in [0.2, 0.25) is 5.02 Å². The number of aromatic nitrogens is 2. The first kappa shape index (κ1) is 22.0. The molecule has 2 bridgehead atoms. The van der Waals surface area contributed by atoms with Crippen LogP contribution in [0.15, 0.2) is 24.3 Å². The maximum Gasteiger partial charge on any atom is 0.272 e. The van der Waals surface area contributed by atoms with Gasteiger partial charge in [-0.2, -0.15) is 5.10 Å². The second-order valence-corrected chi connectivity index (χ2v) is 11.8. The van der Waals surface area contributed by atoms with Crippen LogP contribution >= 0.6 is 11.6 Å². The van der Waals surface area contributed by atoms with E-state index >= 15 is 0 Å². The number of halogens is 1. The van der Waals surface area contributed by atoms with Crippen LogP contribution in [-0.4, -0.2) is 21.7 Å². The van der Waals surface area contributed by atoms with Crippen LogP contribution in [0.3, 0.4) is 0 Å². The Bertz CT molecular complexity index is 1040. The maximum absolute atomic E-state index is 13.6.